The van der Waals surface area contributed by atoms with Crippen molar-refractivity contribution in [2.75, 3.05) is 26.3 Å². The van der Waals surface area contributed by atoms with Crippen molar-refractivity contribution in [1.29, 1.82) is 0 Å². The molecule has 0 bridgehead atoms. The van der Waals surface area contributed by atoms with E-state index in [0.717, 1.165) is 73.6 Å². The third-order valence-corrected chi connectivity index (χ3v) is 9.52. The summed E-state index contributed by atoms with van der Waals surface area (Å²) in [5.41, 5.74) is 3.83. The van der Waals surface area contributed by atoms with Gasteiger partial charge in [0.25, 0.3) is 0 Å². The van der Waals surface area contributed by atoms with Gasteiger partial charge in [-0.25, -0.2) is 9.69 Å². The molecule has 2 fully saturated rings. The number of allylic oxidation sites excluding steroid dienone is 2. The minimum atomic E-state index is -0.323. The van der Waals surface area contributed by atoms with E-state index in [-0.39, 0.29) is 17.3 Å². The summed E-state index contributed by atoms with van der Waals surface area (Å²) >= 11 is 0. The molecular formula is C31H36N5O2P. The predicted molar refractivity (Wildman–Crippen MR) is 159 cm³/mol. The Morgan fingerprint density at radius 2 is 1.79 bits per heavy atom. The number of carbonyl (C=O) groups excluding carboxylic acids is 1. The molecule has 3 aliphatic rings. The molecule has 2 saturated heterocycles. The summed E-state index contributed by atoms with van der Waals surface area (Å²) in [4.78, 5) is 35.2. The van der Waals surface area contributed by atoms with Gasteiger partial charge < -0.3 is 14.7 Å². The smallest absolute Gasteiger partial charge is 0.306 e. The molecule has 2 aromatic carbocycles. The molecule has 3 heterocycles. The number of nitrogens with one attached hydrogen (secondary N) is 1. The number of benzene rings is 2. The molecule has 0 amide bonds. The van der Waals surface area contributed by atoms with Gasteiger partial charge >= 0.3 is 5.69 Å². The Balaban J connectivity index is 1.16. The lowest BCUT2D eigenvalue weighted by molar-refractivity contribution is -0.111. The molecule has 0 radical (unpaired) electrons. The van der Waals surface area contributed by atoms with E-state index in [1.165, 1.54) is 0 Å². The van der Waals surface area contributed by atoms with Gasteiger partial charge in [-0.3, -0.25) is 9.47 Å². The number of aromatic nitrogens is 2. The number of aryl methyl sites for hydroxylation is 1. The van der Waals surface area contributed by atoms with Gasteiger partial charge in [0.1, 0.15) is 6.29 Å². The Morgan fingerprint density at radius 3 is 2.54 bits per heavy atom. The third-order valence-electron chi connectivity index (χ3n) is 8.77. The molecule has 6 rings (SSSR count). The highest BCUT2D eigenvalue weighted by Gasteiger charge is 2.53. The highest BCUT2D eigenvalue weighted by Crippen LogP contribution is 2.43. The van der Waals surface area contributed by atoms with Crippen LogP contribution in [0.25, 0.3) is 11.0 Å². The van der Waals surface area contributed by atoms with Gasteiger partial charge in [0.15, 0.2) is 0 Å². The Bertz CT molecular complexity index is 1450. The Labute approximate surface area is 231 Å². The summed E-state index contributed by atoms with van der Waals surface area (Å²) < 4.78 is 1.85. The average Bonchev–Trinajstić information content (AvgIpc) is 3.44. The number of H-pyrrole nitrogens is 1. The molecule has 3 aromatic rings. The lowest BCUT2D eigenvalue weighted by atomic mass is 9.84. The van der Waals surface area contributed by atoms with Gasteiger partial charge in [-0.1, -0.05) is 66.8 Å². The van der Waals surface area contributed by atoms with Crippen LogP contribution in [-0.2, 0) is 11.3 Å². The van der Waals surface area contributed by atoms with Crippen molar-refractivity contribution in [3.8, 4) is 0 Å². The van der Waals surface area contributed by atoms with Crippen molar-refractivity contribution in [3.05, 3.63) is 94.9 Å². The first-order valence-corrected chi connectivity index (χ1v) is 14.5. The van der Waals surface area contributed by atoms with E-state index in [9.17, 15) is 9.59 Å². The van der Waals surface area contributed by atoms with Crippen molar-refractivity contribution in [1.82, 2.24) is 24.3 Å². The number of nitrogens with zero attached hydrogens (tertiary/aromatic N) is 4. The first-order valence-electron chi connectivity index (χ1n) is 14.0. The number of carbonyl (C=O) groups is 1. The third kappa shape index (κ3) is 4.89. The zero-order chi connectivity index (χ0) is 26.8. The second-order valence-corrected chi connectivity index (χ2v) is 11.3. The fourth-order valence-electron chi connectivity index (χ4n) is 6.66. The number of hydrogen-bond acceptors (Lipinski definition) is 4. The topological polar surface area (TPSA) is 64.6 Å². The summed E-state index contributed by atoms with van der Waals surface area (Å²) in [7, 11) is 4.11. The molecule has 39 heavy (non-hydrogen) atoms. The van der Waals surface area contributed by atoms with Gasteiger partial charge in [0, 0.05) is 31.1 Å². The van der Waals surface area contributed by atoms with E-state index in [1.807, 2.05) is 59.2 Å². The fraction of sp³-hybridized carbons (Fsp3) is 0.387. The zero-order valence-electron chi connectivity index (χ0n) is 22.2. The molecule has 1 aromatic heterocycles. The first-order chi connectivity index (χ1) is 19.1. The number of fused-ring (bicyclic) bond motifs is 1. The quantitative estimate of drug-likeness (QED) is 0.342. The number of hydrogen-bond donors (Lipinski definition) is 1. The Kier molecular flexibility index (Phi) is 7.50. The van der Waals surface area contributed by atoms with Crippen LogP contribution in [0.2, 0.25) is 0 Å². The zero-order valence-corrected chi connectivity index (χ0v) is 23.2. The number of likely N-dealkylation sites (tertiary alicyclic amines) is 1. The van der Waals surface area contributed by atoms with E-state index in [1.54, 1.807) is 0 Å². The SMILES string of the molecule is O=CC(c1ccccc1)N1CN(C2C=CC=CC2)C2(CCN(CCCn3c(=O)[nH]c4ccccc43)CC2)C1=P. The first kappa shape index (κ1) is 26.1. The molecule has 0 saturated carbocycles. The van der Waals surface area contributed by atoms with E-state index in [4.69, 9.17) is 0 Å². The Morgan fingerprint density at radius 1 is 1.03 bits per heavy atom. The fourth-order valence-corrected chi connectivity index (χ4v) is 7.26. The van der Waals surface area contributed by atoms with Crippen molar-refractivity contribution in [2.45, 2.75) is 49.9 Å². The molecule has 1 spiro atoms. The van der Waals surface area contributed by atoms with E-state index >= 15 is 0 Å². The van der Waals surface area contributed by atoms with Crippen LogP contribution in [0.5, 0.6) is 0 Å². The highest BCUT2D eigenvalue weighted by molar-refractivity contribution is 7.21. The van der Waals surface area contributed by atoms with Crippen LogP contribution in [-0.4, -0.2) is 73.8 Å². The van der Waals surface area contributed by atoms with E-state index in [2.05, 4.69) is 52.9 Å². The van der Waals surface area contributed by atoms with Gasteiger partial charge in [-0.05, 0) is 49.9 Å². The van der Waals surface area contributed by atoms with Crippen LogP contribution in [0, 0.1) is 0 Å². The normalized spacial score (nSPS) is 22.7. The number of aldehydes is 1. The van der Waals surface area contributed by atoms with Crippen LogP contribution in [0.4, 0.5) is 0 Å². The van der Waals surface area contributed by atoms with E-state index in [0.29, 0.717) is 19.3 Å². The monoisotopic (exact) mass is 541 g/mol. The van der Waals surface area contributed by atoms with Crippen molar-refractivity contribution >= 4 is 31.6 Å². The number of piperidine rings is 1. The van der Waals surface area contributed by atoms with Crippen LogP contribution in [0.1, 0.15) is 37.3 Å². The minimum absolute atomic E-state index is 0.0356. The number of aromatic amines is 1. The largest absolute Gasteiger partial charge is 0.326 e. The maximum absolute atomic E-state index is 12.5. The molecule has 2 unspecified atom stereocenters. The molecule has 8 heteroatoms. The van der Waals surface area contributed by atoms with Gasteiger partial charge in [0.2, 0.25) is 0 Å². The minimum Gasteiger partial charge on any atom is -0.306 e. The number of para-hydroxylation sites is 2. The van der Waals surface area contributed by atoms with Gasteiger partial charge in [-0.2, -0.15) is 0 Å². The molecular weight excluding hydrogens is 505 g/mol. The summed E-state index contributed by atoms with van der Waals surface area (Å²) in [6, 6.07) is 17.9. The van der Waals surface area contributed by atoms with Crippen LogP contribution in [0.15, 0.2) is 83.7 Å². The maximum atomic E-state index is 12.5. The molecule has 2 aliphatic heterocycles. The Hall–Kier alpha value is -3.09. The average molecular weight is 542 g/mol. The van der Waals surface area contributed by atoms with Crippen LogP contribution in [0.3, 0.4) is 0 Å². The molecule has 1 N–H and O–H groups in total. The summed E-state index contributed by atoms with van der Waals surface area (Å²) in [6.45, 7) is 4.32. The highest BCUT2D eigenvalue weighted by atomic mass is 31.0. The second kappa shape index (κ2) is 11.2. The molecule has 1 aliphatic carbocycles. The van der Waals surface area contributed by atoms with Crippen LogP contribution >= 0.6 is 8.86 Å². The predicted octanol–water partition coefficient (Wildman–Crippen LogP) is 4.23. The maximum Gasteiger partial charge on any atom is 0.326 e. The molecule has 7 nitrogen and oxygen atoms in total. The lowest BCUT2D eigenvalue weighted by Crippen LogP contribution is -2.58. The van der Waals surface area contributed by atoms with Gasteiger partial charge in [-0.15, -0.1) is 8.86 Å². The summed E-state index contributed by atoms with van der Waals surface area (Å²) in [6.07, 6.45) is 13.8. The van der Waals surface area contributed by atoms with Gasteiger partial charge in [0.05, 0.1) is 29.3 Å². The summed E-state index contributed by atoms with van der Waals surface area (Å²) in [5, 5.41) is 0. The van der Waals surface area contributed by atoms with Crippen molar-refractivity contribution in [3.63, 3.8) is 0 Å². The molecule has 2 atom stereocenters. The second-order valence-electron chi connectivity index (χ2n) is 10.9. The van der Waals surface area contributed by atoms with E-state index < -0.39 is 0 Å². The lowest BCUT2D eigenvalue weighted by Gasteiger charge is -2.47. The molecule has 202 valence electrons. The van der Waals surface area contributed by atoms with Crippen molar-refractivity contribution < 1.29 is 4.79 Å². The van der Waals surface area contributed by atoms with Crippen molar-refractivity contribution in [2.24, 2.45) is 0 Å². The van der Waals surface area contributed by atoms with Crippen LogP contribution < -0.4 is 5.69 Å². The standard InChI is InChI=1S/C31H36N5O2P/c37-22-28(24-10-3-1-4-11-24)35-23-36(25-12-5-2-6-13-25)31(29(35)39)16-20-33(21-17-31)18-9-19-34-27-15-8-7-14-26(27)32-30(34)38/h1-8,10-12,14-15,22,25,28,39H,9,13,16-21,23H2,(H,32,38). The number of rotatable bonds is 8. The summed E-state index contributed by atoms with van der Waals surface area (Å²) in [5.74, 6) is 0. The number of imidazole rings is 1.